The first kappa shape index (κ1) is 17.8. The summed E-state index contributed by atoms with van der Waals surface area (Å²) in [5.74, 6) is 0. The molecule has 0 aliphatic heterocycles. The second kappa shape index (κ2) is 7.61. The van der Waals surface area contributed by atoms with Gasteiger partial charge < -0.3 is 0 Å². The van der Waals surface area contributed by atoms with Crippen LogP contribution in [0, 0.1) is 0 Å². The summed E-state index contributed by atoms with van der Waals surface area (Å²) in [6.45, 7) is 0. The van der Waals surface area contributed by atoms with Crippen LogP contribution in [0.25, 0.3) is 44.5 Å². The zero-order chi connectivity index (χ0) is 19.6. The van der Waals surface area contributed by atoms with Gasteiger partial charge in [0.15, 0.2) is 0 Å². The molecular formula is C26H17BrN2. The molecule has 138 valence electrons. The lowest BCUT2D eigenvalue weighted by Gasteiger charge is -2.12. The maximum Gasteiger partial charge on any atom is 0.0894 e. The number of rotatable bonds is 3. The monoisotopic (exact) mass is 436 g/mol. The molecule has 0 bridgehead atoms. The molecule has 2 nitrogen and oxygen atoms in total. The fourth-order valence-corrected chi connectivity index (χ4v) is 3.80. The summed E-state index contributed by atoms with van der Waals surface area (Å²) in [6, 6.07) is 33.4. The number of hydrogen-bond donors (Lipinski definition) is 0. The van der Waals surface area contributed by atoms with Gasteiger partial charge in [-0.15, -0.1) is 0 Å². The van der Waals surface area contributed by atoms with E-state index in [9.17, 15) is 0 Å². The van der Waals surface area contributed by atoms with Crippen LogP contribution < -0.4 is 0 Å². The summed E-state index contributed by atoms with van der Waals surface area (Å²) in [5.41, 5.74) is 6.04. The maximum atomic E-state index is 5.02. The number of pyridine rings is 2. The van der Waals surface area contributed by atoms with Crippen LogP contribution in [0.15, 0.2) is 108 Å². The molecule has 2 aromatic heterocycles. The third-order valence-corrected chi connectivity index (χ3v) is 5.53. The third kappa shape index (κ3) is 3.57. The van der Waals surface area contributed by atoms with Crippen molar-refractivity contribution in [2.45, 2.75) is 0 Å². The van der Waals surface area contributed by atoms with Gasteiger partial charge in [0.05, 0.1) is 17.1 Å². The van der Waals surface area contributed by atoms with Crippen molar-refractivity contribution in [2.24, 2.45) is 0 Å². The van der Waals surface area contributed by atoms with Gasteiger partial charge in [-0.25, -0.2) is 4.98 Å². The van der Waals surface area contributed by atoms with Gasteiger partial charge in [-0.2, -0.15) is 0 Å². The number of halogens is 1. The first-order valence-electron chi connectivity index (χ1n) is 9.45. The van der Waals surface area contributed by atoms with Gasteiger partial charge in [-0.1, -0.05) is 70.5 Å². The van der Waals surface area contributed by atoms with Crippen LogP contribution in [-0.2, 0) is 0 Å². The largest absolute Gasteiger partial charge is 0.255 e. The summed E-state index contributed by atoms with van der Waals surface area (Å²) < 4.78 is 1.05. The SMILES string of the molecule is Brc1ccc(-c2nc(-c3ccccn3)ccc2-c2ccc3ccccc3c2)cc1. The summed E-state index contributed by atoms with van der Waals surface area (Å²) in [7, 11) is 0. The van der Waals surface area contributed by atoms with Gasteiger partial charge in [-0.3, -0.25) is 4.98 Å². The van der Waals surface area contributed by atoms with E-state index in [4.69, 9.17) is 4.98 Å². The Morgan fingerprint density at radius 2 is 1.34 bits per heavy atom. The summed E-state index contributed by atoms with van der Waals surface area (Å²) >= 11 is 3.53. The molecule has 0 unspecified atom stereocenters. The molecule has 3 aromatic carbocycles. The molecule has 0 spiro atoms. The highest BCUT2D eigenvalue weighted by Crippen LogP contribution is 2.34. The second-order valence-corrected chi connectivity index (χ2v) is 7.79. The lowest BCUT2D eigenvalue weighted by Crippen LogP contribution is -1.94. The van der Waals surface area contributed by atoms with Crippen LogP contribution >= 0.6 is 15.9 Å². The van der Waals surface area contributed by atoms with Crippen LogP contribution in [-0.4, -0.2) is 9.97 Å². The Bertz CT molecular complexity index is 1300. The summed E-state index contributed by atoms with van der Waals surface area (Å²) in [4.78, 5) is 9.49. The minimum Gasteiger partial charge on any atom is -0.255 e. The van der Waals surface area contributed by atoms with Crippen LogP contribution in [0.4, 0.5) is 0 Å². The average Bonchev–Trinajstić information content (AvgIpc) is 2.79. The van der Waals surface area contributed by atoms with Crippen LogP contribution in [0.5, 0.6) is 0 Å². The van der Waals surface area contributed by atoms with E-state index in [1.165, 1.54) is 10.8 Å². The van der Waals surface area contributed by atoms with Gasteiger partial charge in [0.2, 0.25) is 0 Å². The van der Waals surface area contributed by atoms with Crippen molar-refractivity contribution in [1.82, 2.24) is 9.97 Å². The highest BCUT2D eigenvalue weighted by molar-refractivity contribution is 9.10. The van der Waals surface area contributed by atoms with Crippen molar-refractivity contribution < 1.29 is 0 Å². The first-order chi connectivity index (χ1) is 14.3. The van der Waals surface area contributed by atoms with E-state index >= 15 is 0 Å². The van der Waals surface area contributed by atoms with Crippen molar-refractivity contribution in [3.8, 4) is 33.8 Å². The topological polar surface area (TPSA) is 25.8 Å². The standard InChI is InChI=1S/C26H17BrN2/c27-22-12-10-19(11-13-22)26-23(14-15-25(29-26)24-7-3-4-16-28-24)21-9-8-18-5-1-2-6-20(18)17-21/h1-17H. The zero-order valence-electron chi connectivity index (χ0n) is 15.6. The molecule has 5 aromatic rings. The highest BCUT2D eigenvalue weighted by atomic mass is 79.9. The molecule has 0 N–H and O–H groups in total. The van der Waals surface area contributed by atoms with Gasteiger partial charge in [0.25, 0.3) is 0 Å². The van der Waals surface area contributed by atoms with Crippen molar-refractivity contribution >= 4 is 26.7 Å². The fourth-order valence-electron chi connectivity index (χ4n) is 3.53. The minimum absolute atomic E-state index is 0.869. The Hall–Kier alpha value is -3.30. The van der Waals surface area contributed by atoms with Crippen molar-refractivity contribution in [3.05, 3.63) is 108 Å². The van der Waals surface area contributed by atoms with Crippen molar-refractivity contribution in [2.75, 3.05) is 0 Å². The smallest absolute Gasteiger partial charge is 0.0894 e. The molecule has 2 heterocycles. The molecule has 0 radical (unpaired) electrons. The van der Waals surface area contributed by atoms with E-state index in [0.29, 0.717) is 0 Å². The predicted molar refractivity (Wildman–Crippen MR) is 124 cm³/mol. The maximum absolute atomic E-state index is 5.02. The van der Waals surface area contributed by atoms with Crippen LogP contribution in [0.3, 0.4) is 0 Å². The van der Waals surface area contributed by atoms with E-state index in [0.717, 1.165) is 38.2 Å². The lowest BCUT2D eigenvalue weighted by atomic mass is 9.96. The van der Waals surface area contributed by atoms with E-state index in [-0.39, 0.29) is 0 Å². The second-order valence-electron chi connectivity index (χ2n) is 6.88. The molecule has 5 rings (SSSR count). The molecule has 0 atom stereocenters. The summed E-state index contributed by atoms with van der Waals surface area (Å²) in [5, 5.41) is 2.46. The normalized spacial score (nSPS) is 10.9. The van der Waals surface area contributed by atoms with Gasteiger partial charge in [-0.05, 0) is 58.8 Å². The molecule has 0 saturated carbocycles. The van der Waals surface area contributed by atoms with E-state index < -0.39 is 0 Å². The van der Waals surface area contributed by atoms with Gasteiger partial charge >= 0.3 is 0 Å². The Morgan fingerprint density at radius 1 is 0.586 bits per heavy atom. The molecule has 0 aliphatic rings. The quantitative estimate of drug-likeness (QED) is 0.294. The summed E-state index contributed by atoms with van der Waals surface area (Å²) in [6.07, 6.45) is 1.80. The molecular weight excluding hydrogens is 420 g/mol. The van der Waals surface area contributed by atoms with Gasteiger partial charge in [0, 0.05) is 21.8 Å². The zero-order valence-corrected chi connectivity index (χ0v) is 17.2. The Balaban J connectivity index is 1.72. The number of hydrogen-bond acceptors (Lipinski definition) is 2. The predicted octanol–water partition coefficient (Wildman–Crippen LogP) is 7.39. The van der Waals surface area contributed by atoms with Crippen LogP contribution in [0.2, 0.25) is 0 Å². The van der Waals surface area contributed by atoms with E-state index in [1.807, 2.05) is 18.2 Å². The average molecular weight is 437 g/mol. The van der Waals surface area contributed by atoms with E-state index in [1.54, 1.807) is 6.20 Å². The lowest BCUT2D eigenvalue weighted by molar-refractivity contribution is 1.25. The Kier molecular flexibility index (Phi) is 4.66. The number of fused-ring (bicyclic) bond motifs is 1. The molecule has 0 saturated heterocycles. The molecule has 3 heteroatoms. The van der Waals surface area contributed by atoms with Crippen LogP contribution in [0.1, 0.15) is 0 Å². The number of benzene rings is 3. The first-order valence-corrected chi connectivity index (χ1v) is 10.2. The molecule has 0 fully saturated rings. The van der Waals surface area contributed by atoms with Crippen molar-refractivity contribution in [1.29, 1.82) is 0 Å². The molecule has 29 heavy (non-hydrogen) atoms. The van der Waals surface area contributed by atoms with Crippen molar-refractivity contribution in [3.63, 3.8) is 0 Å². The van der Waals surface area contributed by atoms with E-state index in [2.05, 4.69) is 99.8 Å². The molecule has 0 amide bonds. The third-order valence-electron chi connectivity index (χ3n) is 5.00. The Labute approximate surface area is 178 Å². The highest BCUT2D eigenvalue weighted by Gasteiger charge is 2.12. The number of nitrogens with zero attached hydrogens (tertiary/aromatic N) is 2. The minimum atomic E-state index is 0.869. The fraction of sp³-hybridized carbons (Fsp3) is 0. The molecule has 0 aliphatic carbocycles. The Morgan fingerprint density at radius 3 is 2.14 bits per heavy atom. The van der Waals surface area contributed by atoms with Gasteiger partial charge in [0.1, 0.15) is 0 Å². The number of aromatic nitrogens is 2.